The molecule has 1 atom stereocenters. The minimum Gasteiger partial charge on any atom is -0.410 e. The molecule has 1 amide bonds. The van der Waals surface area contributed by atoms with E-state index in [1.807, 2.05) is 41.5 Å². The molecule has 2 rings (SSSR count). The molecule has 1 radical (unpaired) electrons. The zero-order chi connectivity index (χ0) is 19.2. The Morgan fingerprint density at radius 1 is 1.29 bits per heavy atom. The molecule has 0 saturated carbocycles. The van der Waals surface area contributed by atoms with Crippen molar-refractivity contribution in [1.82, 2.24) is 15.3 Å². The van der Waals surface area contributed by atoms with E-state index in [4.69, 9.17) is 5.73 Å². The second kappa shape index (κ2) is 10.5. The van der Waals surface area contributed by atoms with Gasteiger partial charge in [0.05, 0.1) is 11.7 Å². The smallest absolute Gasteiger partial charge is 0.410 e. The number of amides is 1. The van der Waals surface area contributed by atoms with Crippen LogP contribution in [0.5, 0.6) is 0 Å². The van der Waals surface area contributed by atoms with Crippen molar-refractivity contribution in [3.8, 4) is 0 Å². The van der Waals surface area contributed by atoms with Crippen LogP contribution in [0.25, 0.3) is 5.73 Å². The maximum atomic E-state index is 12.8. The Morgan fingerprint density at radius 2 is 1.82 bits per heavy atom. The van der Waals surface area contributed by atoms with Gasteiger partial charge in [-0.05, 0) is 45.4 Å². The van der Waals surface area contributed by atoms with Crippen molar-refractivity contribution in [2.75, 3.05) is 11.4 Å². The summed E-state index contributed by atoms with van der Waals surface area (Å²) in [4.78, 5) is 23.5. The van der Waals surface area contributed by atoms with E-state index in [-0.39, 0.29) is 75.9 Å². The maximum absolute atomic E-state index is 12.8. The van der Waals surface area contributed by atoms with Crippen LogP contribution in [0.2, 0.25) is 0 Å². The second-order valence-corrected chi connectivity index (χ2v) is 8.52. The topological polar surface area (TPSA) is 81.9 Å². The molecule has 1 fully saturated rings. The van der Waals surface area contributed by atoms with Gasteiger partial charge in [-0.1, -0.05) is 19.4 Å². The van der Waals surface area contributed by atoms with Crippen LogP contribution in [-0.4, -0.2) is 33.5 Å². The number of rotatable bonds is 4. The Labute approximate surface area is 197 Å². The largest absolute Gasteiger partial charge is 2.00 e. The van der Waals surface area contributed by atoms with E-state index in [9.17, 15) is 4.79 Å². The summed E-state index contributed by atoms with van der Waals surface area (Å²) in [6.45, 7) is 16.9. The van der Waals surface area contributed by atoms with Gasteiger partial charge in [0.1, 0.15) is 0 Å². The Morgan fingerprint density at radius 3 is 2.32 bits per heavy atom. The van der Waals surface area contributed by atoms with E-state index >= 15 is 0 Å². The van der Waals surface area contributed by atoms with Crippen molar-refractivity contribution in [3.05, 3.63) is 30.3 Å². The first-order chi connectivity index (χ1) is 11.3. The van der Waals surface area contributed by atoms with Gasteiger partial charge in [0.2, 0.25) is 5.91 Å². The van der Waals surface area contributed by atoms with Gasteiger partial charge in [0.15, 0.2) is 0 Å². The predicted octanol–water partition coefficient (Wildman–Crippen LogP) is 4.34. The first-order valence-corrected chi connectivity index (χ1v) is 8.82. The van der Waals surface area contributed by atoms with Crippen LogP contribution in [0.4, 0.5) is 11.8 Å². The zero-order valence-electron chi connectivity index (χ0n) is 18.6. The van der Waals surface area contributed by atoms with Crippen molar-refractivity contribution in [1.29, 1.82) is 0 Å². The first-order valence-electron chi connectivity index (χ1n) is 8.82. The van der Waals surface area contributed by atoms with E-state index < -0.39 is 0 Å². The molecule has 2 heterocycles. The van der Waals surface area contributed by atoms with Crippen LogP contribution < -0.4 is 10.2 Å². The SMILES string of the molecule is Cc1nc([NH-])nc(N2C[C@@H](C(=O)NC(C)(C)[C-](C)C)CC2(C)C)c1C.[CH3-].[V+2].[W]. The van der Waals surface area contributed by atoms with E-state index in [1.165, 1.54) is 5.92 Å². The van der Waals surface area contributed by atoms with E-state index in [2.05, 4.69) is 34.0 Å². The molecule has 0 aromatic carbocycles. The molecule has 0 unspecified atom stereocenters. The Hall–Kier alpha value is -0.577. The van der Waals surface area contributed by atoms with Crippen LogP contribution in [0, 0.1) is 33.1 Å². The number of aryl methyl sites for hydroxylation is 1. The molecule has 8 heteroatoms. The van der Waals surface area contributed by atoms with E-state index in [0.717, 1.165) is 23.5 Å². The average Bonchev–Trinajstić information content (AvgIpc) is 2.78. The summed E-state index contributed by atoms with van der Waals surface area (Å²) in [5.41, 5.74) is 9.11. The van der Waals surface area contributed by atoms with Gasteiger partial charge in [-0.25, -0.2) is 0 Å². The first kappa shape index (κ1) is 29.6. The third kappa shape index (κ3) is 6.21. The van der Waals surface area contributed by atoms with Crippen molar-refractivity contribution in [3.63, 3.8) is 0 Å². The number of anilines is 1. The summed E-state index contributed by atoms with van der Waals surface area (Å²) in [5, 5.41) is 3.17. The van der Waals surface area contributed by atoms with Crippen LogP contribution in [0.1, 0.15) is 59.2 Å². The van der Waals surface area contributed by atoms with Gasteiger partial charge < -0.3 is 33.3 Å². The number of aromatic nitrogens is 2. The number of nitrogens with zero attached hydrogens (tertiary/aromatic N) is 3. The molecule has 1 saturated heterocycles. The van der Waals surface area contributed by atoms with Gasteiger partial charge in [0, 0.05) is 39.1 Å². The van der Waals surface area contributed by atoms with Crippen LogP contribution >= 0.6 is 0 Å². The summed E-state index contributed by atoms with van der Waals surface area (Å²) in [6, 6.07) is 0. The molecular formula is C20H34N5OVW-. The van der Waals surface area contributed by atoms with Crippen LogP contribution in [0.3, 0.4) is 0 Å². The van der Waals surface area contributed by atoms with Crippen molar-refractivity contribution >= 4 is 17.7 Å². The molecule has 28 heavy (non-hydrogen) atoms. The number of carbonyl (C=O) groups excluding carboxylic acids is 1. The number of carbonyl (C=O) groups is 1. The molecule has 1 aliphatic rings. The Balaban J connectivity index is 0. The Bertz CT molecular complexity index is 679. The molecule has 0 spiro atoms. The van der Waals surface area contributed by atoms with E-state index in [1.54, 1.807) is 0 Å². The van der Waals surface area contributed by atoms with Crippen molar-refractivity contribution in [2.45, 2.75) is 72.9 Å². The molecular weight excluding hydrogens is 561 g/mol. The molecule has 2 N–H and O–H groups in total. The predicted molar refractivity (Wildman–Crippen MR) is 108 cm³/mol. The summed E-state index contributed by atoms with van der Waals surface area (Å²) in [7, 11) is 0. The van der Waals surface area contributed by atoms with E-state index in [0.29, 0.717) is 6.54 Å². The molecule has 1 aromatic heterocycles. The second-order valence-electron chi connectivity index (χ2n) is 8.52. The van der Waals surface area contributed by atoms with Gasteiger partial charge in [0.25, 0.3) is 0 Å². The minimum atomic E-state index is -0.315. The fourth-order valence-corrected chi connectivity index (χ4v) is 3.21. The van der Waals surface area contributed by atoms with Crippen LogP contribution in [-0.2, 0) is 44.4 Å². The molecule has 157 valence electrons. The quantitative estimate of drug-likeness (QED) is 0.526. The molecule has 6 nitrogen and oxygen atoms in total. The monoisotopic (exact) mass is 595 g/mol. The van der Waals surface area contributed by atoms with Gasteiger partial charge in [-0.2, -0.15) is 13.8 Å². The number of hydrogen-bond donors (Lipinski definition) is 1. The molecule has 1 aliphatic heterocycles. The van der Waals surface area contributed by atoms with Gasteiger partial charge >= 0.3 is 18.6 Å². The normalized spacial score (nSPS) is 18.0. The Kier molecular flexibility index (Phi) is 11.1. The summed E-state index contributed by atoms with van der Waals surface area (Å²) in [6.07, 6.45) is 0.757. The maximum Gasteiger partial charge on any atom is 2.00 e. The third-order valence-electron chi connectivity index (χ3n) is 5.56. The van der Waals surface area contributed by atoms with Crippen molar-refractivity contribution < 1.29 is 44.4 Å². The van der Waals surface area contributed by atoms with Crippen LogP contribution in [0.15, 0.2) is 0 Å². The fourth-order valence-electron chi connectivity index (χ4n) is 3.21. The third-order valence-corrected chi connectivity index (χ3v) is 5.56. The molecule has 1 aromatic rings. The van der Waals surface area contributed by atoms with Gasteiger partial charge in [-0.3, -0.25) is 10.7 Å². The molecule has 0 aliphatic carbocycles. The summed E-state index contributed by atoms with van der Waals surface area (Å²) < 4.78 is 0. The fraction of sp³-hybridized carbons (Fsp3) is 0.650. The van der Waals surface area contributed by atoms with Crippen molar-refractivity contribution in [2.24, 2.45) is 5.92 Å². The molecule has 0 bridgehead atoms. The zero-order valence-corrected chi connectivity index (χ0v) is 22.9. The summed E-state index contributed by atoms with van der Waals surface area (Å²) >= 11 is 0. The average molecular weight is 595 g/mol. The minimum absolute atomic E-state index is 0. The number of nitrogens with one attached hydrogen (secondary N) is 2. The standard InChI is InChI=1S/C19H32N5O.CH3.V.W/c1-11(2)19(7,8)23-16(25)14-9-18(5,6)24(10-14)15-12(3)13(4)21-17(20)22-15;;;/h14H,9-10H2,1-8H3,(H3,20,21,22,23,25);1H3;;/q2*-1;+2;/p-1/t14-;;;/m0.../s1. The van der Waals surface area contributed by atoms with Gasteiger partial charge in [-0.15, -0.1) is 0 Å². The number of hydrogen-bond acceptors (Lipinski definition) is 4. The summed E-state index contributed by atoms with van der Waals surface area (Å²) in [5.74, 6) is 1.96.